The van der Waals surface area contributed by atoms with E-state index in [4.69, 9.17) is 63.5 Å². The molecule has 142 heavy (non-hydrogen) atoms. The van der Waals surface area contributed by atoms with Crippen LogP contribution in [0.2, 0.25) is 0 Å². The number of benzene rings is 2. The predicted molar refractivity (Wildman–Crippen MR) is 517 cm³/mol. The van der Waals surface area contributed by atoms with Crippen molar-refractivity contribution in [3.63, 3.8) is 0 Å². The van der Waals surface area contributed by atoms with Gasteiger partial charge in [-0.25, -0.2) is 14.2 Å². The zero-order chi connectivity index (χ0) is 106. The van der Waals surface area contributed by atoms with E-state index in [-0.39, 0.29) is 165 Å². The molecule has 0 radical (unpaired) electrons. The largest absolute Gasteiger partial charge is 0.473 e. The van der Waals surface area contributed by atoms with Gasteiger partial charge in [0.1, 0.15) is 48.4 Å². The molecule has 49 heteroatoms. The van der Waals surface area contributed by atoms with Gasteiger partial charge in [0.25, 0.3) is 11.8 Å². The number of esters is 1. The van der Waals surface area contributed by atoms with Crippen molar-refractivity contribution in [3.05, 3.63) is 77.9 Å². The van der Waals surface area contributed by atoms with Gasteiger partial charge < -0.3 is 128 Å². The number of primary amides is 1. The molecule has 2 aromatic rings. The van der Waals surface area contributed by atoms with E-state index in [0.717, 1.165) is 12.2 Å². The van der Waals surface area contributed by atoms with E-state index in [0.29, 0.717) is 48.3 Å². The number of nitrogens with one attached hydrogen (secondary N) is 11. The summed E-state index contributed by atoms with van der Waals surface area (Å²) in [5.41, 5.74) is 12.1. The zero-order valence-electron chi connectivity index (χ0n) is 84.0. The highest BCUT2D eigenvalue weighted by Crippen LogP contribution is 2.50. The Morgan fingerprint density at radius 3 is 1.75 bits per heavy atom. The van der Waals surface area contributed by atoms with Crippen molar-refractivity contribution in [1.82, 2.24) is 72.8 Å². The lowest BCUT2D eigenvalue weighted by atomic mass is 9.89. The first-order chi connectivity index (χ1) is 67.2. The third-order valence-corrected chi connectivity index (χ3v) is 26.0. The van der Waals surface area contributed by atoms with Crippen molar-refractivity contribution in [3.8, 4) is 0 Å². The standard InChI is InChI=1S/C93H151N17O30P2/c1-16-59(8)81(108(13)91(124)79(57(4)5)106-90(123)80(58(6)7)107(11)12)71(132-14)53-77(116)109-41-23-28-69(109)82(133-15)60(9)84(117)99-61(10)83(63-24-18-17-19-25-63)140-142(130,131)139-55-62-29-31-64(32-30-62)100-85(118)66(27-22-39-97-93(95)126)104-89(122)78(56(2)3)105-86(119)65(26-20-21-38-94)103-87(120)68(52-74(113)101-67-35-43-138-92(67)125)102-73(112)36-42-134-45-47-136-49-50-137-48-46-135-44-40-96-88(121)70(110-75(114)33-34-76(110)115)54-98-72(111)37-51-141(127,128)129/h17-19,24-25,29-34,56-61,65-71,78-83H,16,20-23,26-28,35-55,94H2,1-15H3,(H,96,121)(H,98,111)(H,99,117)(H,100,118)(H,101,113)(H,102,112)(H,103,120)(H,104,122)(H,105,119)(H,106,123)(H,130,131)(H3,95,97,126)(H2,127,128,129)/t59-,60+,61+,65-,66-,67-,68-,69-,70-,71+,78-,79-,80-,81-,82+,83+/m0/s1. The second-order valence-corrected chi connectivity index (χ2v) is 39.6. The first-order valence-corrected chi connectivity index (χ1v) is 51.3. The van der Waals surface area contributed by atoms with E-state index in [9.17, 15) is 90.7 Å². The molecule has 2 saturated heterocycles. The number of methoxy groups -OCH3 is 2. The van der Waals surface area contributed by atoms with Crippen LogP contribution in [0.25, 0.3) is 0 Å². The quantitative estimate of drug-likeness (QED) is 0.0188. The number of imide groups is 1. The van der Waals surface area contributed by atoms with Gasteiger partial charge in [0.2, 0.25) is 70.9 Å². The highest BCUT2D eigenvalue weighted by atomic mass is 31.2. The number of hydrogen-bond acceptors (Lipinski definition) is 29. The third-order valence-electron chi connectivity index (χ3n) is 24.2. The average molecular weight is 2050 g/mol. The van der Waals surface area contributed by atoms with Crippen molar-refractivity contribution in [2.75, 3.05) is 139 Å². The second-order valence-electron chi connectivity index (χ2n) is 36.4. The minimum atomic E-state index is -5.03. The van der Waals surface area contributed by atoms with Gasteiger partial charge in [-0.15, -0.1) is 0 Å². The second kappa shape index (κ2) is 62.4. The highest BCUT2D eigenvalue weighted by molar-refractivity contribution is 7.51. The summed E-state index contributed by atoms with van der Waals surface area (Å²) >= 11 is 0. The Morgan fingerprint density at radius 2 is 1.18 bits per heavy atom. The summed E-state index contributed by atoms with van der Waals surface area (Å²) in [4.78, 5) is 252. The Kier molecular flexibility index (Phi) is 53.6. The summed E-state index contributed by atoms with van der Waals surface area (Å²) in [5, 5.41) is 29.0. The fourth-order valence-electron chi connectivity index (χ4n) is 16.4. The van der Waals surface area contributed by atoms with E-state index in [1.54, 1.807) is 74.9 Å². The number of ether oxygens (including phenoxy) is 7. The van der Waals surface area contributed by atoms with E-state index in [2.05, 4.69) is 58.5 Å². The summed E-state index contributed by atoms with van der Waals surface area (Å²) in [6.45, 7) is 17.7. The Labute approximate surface area is 829 Å². The molecule has 0 saturated carbocycles. The van der Waals surface area contributed by atoms with E-state index in [1.807, 2.05) is 60.5 Å². The van der Waals surface area contributed by atoms with Gasteiger partial charge in [-0.3, -0.25) is 90.5 Å². The molecular formula is C93H151N17O30P2. The maximum absolute atomic E-state index is 14.7. The van der Waals surface area contributed by atoms with E-state index >= 15 is 0 Å². The number of carbonyl (C=O) groups excluding carboxylic acids is 16. The summed E-state index contributed by atoms with van der Waals surface area (Å²) in [7, 11) is -1.27. The molecule has 2 aromatic carbocycles. The zero-order valence-corrected chi connectivity index (χ0v) is 85.8. The lowest BCUT2D eigenvalue weighted by molar-refractivity contribution is -0.148. The van der Waals surface area contributed by atoms with Crippen molar-refractivity contribution in [1.29, 1.82) is 0 Å². The van der Waals surface area contributed by atoms with Gasteiger partial charge in [0.05, 0.1) is 127 Å². The van der Waals surface area contributed by atoms with Crippen LogP contribution in [0.3, 0.4) is 0 Å². The highest BCUT2D eigenvalue weighted by Gasteiger charge is 2.46. The van der Waals surface area contributed by atoms with Crippen LogP contribution in [-0.2, 0) is 130 Å². The van der Waals surface area contributed by atoms with Gasteiger partial charge in [0, 0.05) is 84.5 Å². The van der Waals surface area contributed by atoms with Crippen LogP contribution < -0.4 is 70.0 Å². The molecule has 1 unspecified atom stereocenters. The summed E-state index contributed by atoms with van der Waals surface area (Å²) in [6.07, 6.45) is -1.08. The van der Waals surface area contributed by atoms with Crippen LogP contribution in [-0.4, -0.2) is 341 Å². The molecule has 17 atom stereocenters. The van der Waals surface area contributed by atoms with Gasteiger partial charge in [-0.05, 0) is 119 Å². The Morgan fingerprint density at radius 1 is 0.592 bits per heavy atom. The van der Waals surface area contributed by atoms with Crippen LogP contribution in [0.1, 0.15) is 170 Å². The smallest absolute Gasteiger partial charge is 0.464 e. The topological polar surface area (TPSA) is 648 Å². The number of likely N-dealkylation sites (N-methyl/N-ethyl adjacent to an activating group) is 2. The average Bonchev–Trinajstić information content (AvgIpc) is 1.44. The Balaban J connectivity index is 1.17. The fourth-order valence-corrected chi connectivity index (χ4v) is 17.9. The molecular weight excluding hydrogens is 1900 g/mol. The van der Waals surface area contributed by atoms with Crippen molar-refractivity contribution in [2.24, 2.45) is 41.1 Å². The molecule has 0 aliphatic carbocycles. The SMILES string of the molecule is CC[C@H](C)[C@@H]([C@@H](CC(=O)N1CCC[C@H]1[C@H](OC)[C@@H](C)C(=O)N[C@H](C)[C@@H](OP(=O)(O)OCc1ccc(NC(=O)[C@H](CCCNC(N)=O)NC(=O)[C@@H](NC(=O)[C@H](CCCCN)NC(=O)[C@H](CC(=O)N[C@H]2CCOC2=O)NC(=O)CCOCCOCCOCCOCCNC(=O)[C@H](CNC(=O)CCP(=O)(O)O)N2C(=O)C=CC2=O)C(C)C)cc1)c1ccccc1)OC)N(C)C(=O)[C@@H](NC(=O)[C@H](C(C)C)N(C)C)C(C)C. The number of phosphoric ester groups is 1. The van der Waals surface area contributed by atoms with Gasteiger partial charge >= 0.3 is 27.4 Å². The van der Waals surface area contributed by atoms with Crippen LogP contribution >= 0.6 is 15.4 Å². The number of anilines is 1. The fraction of sp³-hybridized carbons (Fsp3) is 0.677. The number of urea groups is 1. The molecule has 0 bridgehead atoms. The van der Waals surface area contributed by atoms with Crippen molar-refractivity contribution in [2.45, 2.75) is 244 Å². The number of hydrogen-bond donors (Lipinski definition) is 16. The molecule has 2 fully saturated rings. The number of likely N-dealkylation sites (tertiary alicyclic amines) is 1. The summed E-state index contributed by atoms with van der Waals surface area (Å²) in [6, 6.07) is 1.53. The molecule has 47 nitrogen and oxygen atoms in total. The number of carbonyl (C=O) groups is 16. The van der Waals surface area contributed by atoms with Crippen LogP contribution in [0.5, 0.6) is 0 Å². The molecule has 16 amide bonds. The molecule has 3 aliphatic heterocycles. The molecule has 798 valence electrons. The van der Waals surface area contributed by atoms with Gasteiger partial charge in [-0.1, -0.05) is 111 Å². The number of cyclic esters (lactones) is 1. The van der Waals surface area contributed by atoms with E-state index in [1.165, 1.54) is 38.5 Å². The van der Waals surface area contributed by atoms with Crippen molar-refractivity contribution >= 4 is 116 Å². The molecule has 0 aromatic heterocycles. The first kappa shape index (κ1) is 122. The number of unbranched alkanes of at least 4 members (excludes halogenated alkanes) is 1. The third kappa shape index (κ3) is 41.8. The lowest BCUT2D eigenvalue weighted by Gasteiger charge is -2.41. The number of phosphoric acid groups is 1. The number of nitrogens with zero attached hydrogens (tertiary/aromatic N) is 4. The van der Waals surface area contributed by atoms with E-state index < -0.39 is 221 Å². The maximum Gasteiger partial charge on any atom is 0.473 e. The number of rotatable bonds is 68. The maximum atomic E-state index is 14.7. The molecule has 0 spiro atoms. The monoisotopic (exact) mass is 2050 g/mol. The minimum Gasteiger partial charge on any atom is -0.464 e. The number of amides is 16. The van der Waals surface area contributed by atoms with Crippen LogP contribution in [0, 0.1) is 29.6 Å². The van der Waals surface area contributed by atoms with Crippen molar-refractivity contribution < 1.29 is 143 Å². The van der Waals surface area contributed by atoms with Crippen LogP contribution in [0.4, 0.5) is 10.5 Å². The predicted octanol–water partition coefficient (Wildman–Crippen LogP) is 0.697. The Hall–Kier alpha value is -10.4. The Bertz CT molecular complexity index is 4550. The minimum absolute atomic E-state index is 0.00524. The van der Waals surface area contributed by atoms with Gasteiger partial charge in [0.15, 0.2) is 0 Å². The summed E-state index contributed by atoms with van der Waals surface area (Å²) in [5.74, 6) is -12.5. The molecule has 3 heterocycles. The molecule has 3 aliphatic rings. The first-order valence-electron chi connectivity index (χ1n) is 48.0. The molecule has 5 rings (SSSR count). The van der Waals surface area contributed by atoms with Gasteiger partial charge in [-0.2, -0.15) is 0 Å². The molecule has 18 N–H and O–H groups in total. The summed E-state index contributed by atoms with van der Waals surface area (Å²) < 4.78 is 76.0. The normalized spacial score (nSPS) is 17.7. The lowest BCUT2D eigenvalue weighted by Crippen LogP contribution is -2.59. The number of nitrogens with two attached hydrogens (primary N) is 2. The van der Waals surface area contributed by atoms with Crippen LogP contribution in [0.15, 0.2) is 66.7 Å².